The molecular weight excluding hydrogens is 312 g/mol. The van der Waals surface area contributed by atoms with E-state index in [4.69, 9.17) is 9.78 Å². The second-order valence-electron chi connectivity index (χ2n) is 5.80. The van der Waals surface area contributed by atoms with Crippen molar-refractivity contribution in [2.45, 2.75) is 26.4 Å². The van der Waals surface area contributed by atoms with Gasteiger partial charge in [-0.05, 0) is 34.2 Å². The zero-order valence-electron chi connectivity index (χ0n) is 14.1. The van der Waals surface area contributed by atoms with Crippen molar-refractivity contribution in [3.8, 4) is 23.3 Å². The molecule has 3 rings (SSSR count). The average molecular weight is 330 g/mol. The van der Waals surface area contributed by atoms with E-state index in [9.17, 15) is 10.5 Å². The third-order valence-electron chi connectivity index (χ3n) is 4.24. The van der Waals surface area contributed by atoms with E-state index in [1.54, 1.807) is 0 Å². The van der Waals surface area contributed by atoms with Crippen molar-refractivity contribution in [1.29, 1.82) is 10.5 Å². The molecule has 0 saturated carbocycles. The van der Waals surface area contributed by atoms with E-state index < -0.39 is 0 Å². The number of benzene rings is 2. The lowest BCUT2D eigenvalue weighted by Gasteiger charge is -2.10. The topological polar surface area (TPSA) is 66.0 Å². The third kappa shape index (κ3) is 3.19. The number of allylic oxidation sites excluding steroid dienone is 1. The summed E-state index contributed by atoms with van der Waals surface area (Å²) < 4.78 is 0. The van der Waals surface area contributed by atoms with E-state index in [1.165, 1.54) is 0 Å². The molecule has 0 spiro atoms. The molecule has 0 aliphatic heterocycles. The van der Waals surface area contributed by atoms with Crippen molar-refractivity contribution in [2.75, 3.05) is 6.61 Å². The molecule has 0 atom stereocenters. The van der Waals surface area contributed by atoms with Gasteiger partial charge in [-0.3, -0.25) is 0 Å². The molecule has 4 nitrogen and oxygen atoms in total. The van der Waals surface area contributed by atoms with Crippen LogP contribution < -0.4 is 0 Å². The molecule has 0 heterocycles. The Kier molecular flexibility index (Phi) is 5.26. The van der Waals surface area contributed by atoms with E-state index >= 15 is 0 Å². The molecule has 0 radical (unpaired) electrons. The molecule has 0 aromatic heterocycles. The number of rotatable bonds is 6. The highest BCUT2D eigenvalue weighted by molar-refractivity contribution is 6.04. The Balaban J connectivity index is 2.03. The predicted molar refractivity (Wildman–Crippen MR) is 94.8 cm³/mol. The van der Waals surface area contributed by atoms with Crippen LogP contribution in [-0.4, -0.2) is 6.61 Å². The maximum absolute atomic E-state index is 9.36. The lowest BCUT2D eigenvalue weighted by molar-refractivity contribution is -0.304. The second kappa shape index (κ2) is 7.77. The van der Waals surface area contributed by atoms with Gasteiger partial charge in [-0.2, -0.15) is 10.5 Å². The molecule has 2 aromatic rings. The molecular formula is C21H18N2O2. The first-order valence-corrected chi connectivity index (χ1v) is 8.32. The Bertz CT molecular complexity index is 885. The van der Waals surface area contributed by atoms with Crippen LogP contribution in [0.15, 0.2) is 48.0 Å². The Morgan fingerprint density at radius 1 is 0.920 bits per heavy atom. The molecule has 0 fully saturated rings. The Hall–Kier alpha value is -2.92. The molecule has 1 aliphatic rings. The summed E-state index contributed by atoms with van der Waals surface area (Å²) in [5, 5.41) is 18.7. The van der Waals surface area contributed by atoms with Crippen molar-refractivity contribution in [3.05, 3.63) is 64.7 Å². The number of hydrogen-bond donors (Lipinski definition) is 0. The number of nitriles is 2. The summed E-state index contributed by atoms with van der Waals surface area (Å²) in [7, 11) is 0. The van der Waals surface area contributed by atoms with Gasteiger partial charge in [-0.15, -0.1) is 0 Å². The first kappa shape index (κ1) is 16.9. The summed E-state index contributed by atoms with van der Waals surface area (Å²) in [6.45, 7) is 2.99. The van der Waals surface area contributed by atoms with E-state index in [1.807, 2.05) is 54.6 Å². The second-order valence-corrected chi connectivity index (χ2v) is 5.80. The lowest BCUT2D eigenvalue weighted by atomic mass is 9.98. The fraction of sp³-hybridized carbons (Fsp3) is 0.238. The first-order valence-electron chi connectivity index (χ1n) is 8.32. The molecule has 0 N–H and O–H groups in total. The Morgan fingerprint density at radius 3 is 2.36 bits per heavy atom. The molecule has 0 bridgehead atoms. The van der Waals surface area contributed by atoms with Crippen LogP contribution in [-0.2, 0) is 16.4 Å². The maximum Gasteiger partial charge on any atom is 0.138 e. The van der Waals surface area contributed by atoms with Crippen LogP contribution in [0.25, 0.3) is 16.7 Å². The molecule has 0 saturated heterocycles. The minimum Gasteiger partial charge on any atom is -0.236 e. The summed E-state index contributed by atoms with van der Waals surface area (Å²) in [4.78, 5) is 10.6. The van der Waals surface area contributed by atoms with Crippen LogP contribution in [0, 0.1) is 22.7 Å². The van der Waals surface area contributed by atoms with Gasteiger partial charge in [-0.1, -0.05) is 55.8 Å². The molecule has 0 unspecified atom stereocenters. The quantitative estimate of drug-likeness (QED) is 0.283. The highest BCUT2D eigenvalue weighted by Gasteiger charge is 2.28. The zero-order chi connectivity index (χ0) is 17.6. The molecule has 4 heteroatoms. The lowest BCUT2D eigenvalue weighted by Crippen LogP contribution is -1.99. The van der Waals surface area contributed by atoms with Gasteiger partial charge in [0, 0.05) is 5.57 Å². The van der Waals surface area contributed by atoms with Crippen molar-refractivity contribution >= 4 is 5.57 Å². The van der Waals surface area contributed by atoms with Crippen molar-refractivity contribution in [1.82, 2.24) is 0 Å². The van der Waals surface area contributed by atoms with Crippen molar-refractivity contribution < 1.29 is 9.78 Å². The van der Waals surface area contributed by atoms with E-state index in [0.29, 0.717) is 18.8 Å². The van der Waals surface area contributed by atoms with Crippen LogP contribution in [0.4, 0.5) is 0 Å². The predicted octanol–water partition coefficient (Wildman–Crippen LogP) is 4.76. The highest BCUT2D eigenvalue weighted by Crippen LogP contribution is 2.47. The molecule has 1 aliphatic carbocycles. The first-order chi connectivity index (χ1) is 12.3. The highest BCUT2D eigenvalue weighted by atomic mass is 17.2. The summed E-state index contributed by atoms with van der Waals surface area (Å²) in [5.41, 5.74) is 5.64. The smallest absolute Gasteiger partial charge is 0.138 e. The number of hydrogen-bond acceptors (Lipinski definition) is 4. The van der Waals surface area contributed by atoms with Gasteiger partial charge >= 0.3 is 0 Å². The minimum absolute atomic E-state index is 0.128. The van der Waals surface area contributed by atoms with Gasteiger partial charge in [0.1, 0.15) is 24.3 Å². The maximum atomic E-state index is 9.36. The fourth-order valence-corrected chi connectivity index (χ4v) is 3.08. The molecule has 25 heavy (non-hydrogen) atoms. The Labute approximate surface area is 147 Å². The third-order valence-corrected chi connectivity index (χ3v) is 4.24. The SMILES string of the molecule is CCCCOOCc1cccc2c1-c1ccccc1C2=C(C#N)C#N. The summed E-state index contributed by atoms with van der Waals surface area (Å²) >= 11 is 0. The molecule has 0 amide bonds. The average Bonchev–Trinajstić information content (AvgIpc) is 2.98. The van der Waals surface area contributed by atoms with Gasteiger partial charge in [0.2, 0.25) is 0 Å². The van der Waals surface area contributed by atoms with Crippen molar-refractivity contribution in [2.24, 2.45) is 0 Å². The van der Waals surface area contributed by atoms with Crippen LogP contribution in [0.3, 0.4) is 0 Å². The van der Waals surface area contributed by atoms with Gasteiger partial charge in [0.25, 0.3) is 0 Å². The Morgan fingerprint density at radius 2 is 1.64 bits per heavy atom. The van der Waals surface area contributed by atoms with Crippen molar-refractivity contribution in [3.63, 3.8) is 0 Å². The summed E-state index contributed by atoms with van der Waals surface area (Å²) in [6, 6.07) is 17.7. The van der Waals surface area contributed by atoms with Crippen LogP contribution in [0.5, 0.6) is 0 Å². The summed E-state index contributed by atoms with van der Waals surface area (Å²) in [5.74, 6) is 0. The molecule has 2 aromatic carbocycles. The van der Waals surface area contributed by atoms with E-state index in [-0.39, 0.29) is 5.57 Å². The van der Waals surface area contributed by atoms with Gasteiger partial charge in [-0.25, -0.2) is 9.78 Å². The number of fused-ring (bicyclic) bond motifs is 3. The van der Waals surface area contributed by atoms with E-state index in [2.05, 4.69) is 6.92 Å². The van der Waals surface area contributed by atoms with E-state index in [0.717, 1.165) is 40.7 Å². The van der Waals surface area contributed by atoms with Gasteiger partial charge in [0.15, 0.2) is 0 Å². The van der Waals surface area contributed by atoms with Crippen LogP contribution in [0.2, 0.25) is 0 Å². The molecule has 124 valence electrons. The van der Waals surface area contributed by atoms with Gasteiger partial charge < -0.3 is 0 Å². The minimum atomic E-state index is 0.128. The van der Waals surface area contributed by atoms with Gasteiger partial charge in [0.05, 0.1) is 6.61 Å². The summed E-state index contributed by atoms with van der Waals surface area (Å²) in [6.07, 6.45) is 2.01. The number of unbranched alkanes of at least 4 members (excludes halogenated alkanes) is 1. The fourth-order valence-electron chi connectivity index (χ4n) is 3.08. The zero-order valence-corrected chi connectivity index (χ0v) is 14.1. The number of nitrogens with zero attached hydrogens (tertiary/aromatic N) is 2. The van der Waals surface area contributed by atoms with Crippen LogP contribution in [0.1, 0.15) is 36.5 Å². The monoisotopic (exact) mass is 330 g/mol. The standard InChI is InChI=1S/C21H18N2O2/c1-2-3-11-24-25-14-15-7-6-10-19-20(15)17-8-4-5-9-18(17)21(19)16(12-22)13-23/h4-10H,2-3,11,14H2,1H3. The normalized spacial score (nSPS) is 11.4. The van der Waals surface area contributed by atoms with Crippen LogP contribution >= 0.6 is 0 Å². The largest absolute Gasteiger partial charge is 0.236 e.